The lowest BCUT2D eigenvalue weighted by molar-refractivity contribution is 0.0697. The van der Waals surface area contributed by atoms with Crippen molar-refractivity contribution >= 4 is 5.97 Å². The van der Waals surface area contributed by atoms with E-state index in [2.05, 4.69) is 19.2 Å². The molecule has 2 N–H and O–H groups in total. The topological polar surface area (TPSA) is 49.3 Å². The zero-order valence-corrected chi connectivity index (χ0v) is 9.16. The molecule has 0 aliphatic rings. The maximum atomic E-state index is 10.6. The van der Waals surface area contributed by atoms with Gasteiger partial charge in [-0.05, 0) is 30.7 Å². The normalized spacial score (nSPS) is 10.6. The fourth-order valence-electron chi connectivity index (χ4n) is 1.32. The van der Waals surface area contributed by atoms with Crippen LogP contribution in [0.15, 0.2) is 24.3 Å². The molecule has 0 spiro atoms. The first-order valence-corrected chi connectivity index (χ1v) is 5.15. The highest BCUT2D eigenvalue weighted by Crippen LogP contribution is 2.04. The van der Waals surface area contributed by atoms with E-state index >= 15 is 0 Å². The van der Waals surface area contributed by atoms with Gasteiger partial charge < -0.3 is 10.4 Å². The largest absolute Gasteiger partial charge is 0.478 e. The van der Waals surface area contributed by atoms with Gasteiger partial charge in [-0.15, -0.1) is 0 Å². The molecule has 0 amide bonds. The summed E-state index contributed by atoms with van der Waals surface area (Å²) in [5.74, 6) is -0.873. The highest BCUT2D eigenvalue weighted by Gasteiger charge is 2.01. The van der Waals surface area contributed by atoms with E-state index in [1.165, 1.54) is 0 Å². The Balaban J connectivity index is 2.46. The smallest absolute Gasteiger partial charge is 0.335 e. The highest BCUT2D eigenvalue weighted by molar-refractivity contribution is 5.87. The predicted octanol–water partition coefficient (Wildman–Crippen LogP) is 1.93. The molecule has 0 aliphatic heterocycles. The molecule has 0 radical (unpaired) electrons. The van der Waals surface area contributed by atoms with Gasteiger partial charge in [-0.1, -0.05) is 26.0 Å². The lowest BCUT2D eigenvalue weighted by Gasteiger charge is -2.07. The second kappa shape index (κ2) is 5.51. The molecule has 1 aromatic rings. The van der Waals surface area contributed by atoms with Crippen molar-refractivity contribution in [3.63, 3.8) is 0 Å². The molecule has 0 aliphatic carbocycles. The van der Waals surface area contributed by atoms with Crippen LogP contribution in [0.5, 0.6) is 0 Å². The first kappa shape index (κ1) is 11.7. The predicted molar refractivity (Wildman–Crippen MR) is 60.2 cm³/mol. The minimum Gasteiger partial charge on any atom is -0.478 e. The third kappa shape index (κ3) is 4.13. The number of nitrogens with one attached hydrogen (secondary N) is 1. The van der Waals surface area contributed by atoms with E-state index in [0.717, 1.165) is 18.5 Å². The Morgan fingerprint density at radius 2 is 1.93 bits per heavy atom. The van der Waals surface area contributed by atoms with Crippen LogP contribution in [-0.2, 0) is 6.42 Å². The van der Waals surface area contributed by atoms with Crippen LogP contribution in [0.3, 0.4) is 0 Å². The summed E-state index contributed by atoms with van der Waals surface area (Å²) in [6.07, 6.45) is 0.929. The molecule has 0 unspecified atom stereocenters. The number of rotatable bonds is 5. The molecule has 0 aromatic heterocycles. The third-order valence-corrected chi connectivity index (χ3v) is 2.17. The van der Waals surface area contributed by atoms with E-state index in [1.54, 1.807) is 12.1 Å². The van der Waals surface area contributed by atoms with Gasteiger partial charge in [0.2, 0.25) is 0 Å². The Morgan fingerprint density at radius 3 is 2.40 bits per heavy atom. The number of hydrogen-bond donors (Lipinski definition) is 2. The van der Waals surface area contributed by atoms with E-state index in [1.807, 2.05) is 12.1 Å². The van der Waals surface area contributed by atoms with Gasteiger partial charge in [0.1, 0.15) is 0 Å². The number of carbonyl (C=O) groups is 1. The van der Waals surface area contributed by atoms with Crippen molar-refractivity contribution in [2.24, 2.45) is 0 Å². The van der Waals surface area contributed by atoms with E-state index in [0.29, 0.717) is 11.6 Å². The van der Waals surface area contributed by atoms with Gasteiger partial charge in [-0.2, -0.15) is 0 Å². The van der Waals surface area contributed by atoms with Crippen molar-refractivity contribution in [1.82, 2.24) is 5.32 Å². The van der Waals surface area contributed by atoms with Gasteiger partial charge >= 0.3 is 5.97 Å². The number of aromatic carboxylic acids is 1. The van der Waals surface area contributed by atoms with Crippen LogP contribution in [0, 0.1) is 0 Å². The van der Waals surface area contributed by atoms with Crippen LogP contribution in [0.25, 0.3) is 0 Å². The first-order valence-electron chi connectivity index (χ1n) is 5.15. The van der Waals surface area contributed by atoms with Crippen LogP contribution in [0.2, 0.25) is 0 Å². The van der Waals surface area contributed by atoms with E-state index in [9.17, 15) is 4.79 Å². The van der Waals surface area contributed by atoms with Crippen LogP contribution in [-0.4, -0.2) is 23.7 Å². The highest BCUT2D eigenvalue weighted by atomic mass is 16.4. The van der Waals surface area contributed by atoms with Crippen molar-refractivity contribution in [3.05, 3.63) is 35.4 Å². The van der Waals surface area contributed by atoms with Crippen molar-refractivity contribution < 1.29 is 9.90 Å². The van der Waals surface area contributed by atoms with E-state index in [-0.39, 0.29) is 0 Å². The molecule has 1 rings (SSSR count). The Kier molecular flexibility index (Phi) is 4.31. The SMILES string of the molecule is CC(C)NCCc1ccc(C(=O)O)cc1. The summed E-state index contributed by atoms with van der Waals surface area (Å²) in [5.41, 5.74) is 1.50. The molecule has 0 heterocycles. The van der Waals surface area contributed by atoms with Crippen molar-refractivity contribution in [2.75, 3.05) is 6.54 Å². The molecule has 82 valence electrons. The monoisotopic (exact) mass is 207 g/mol. The van der Waals surface area contributed by atoms with Gasteiger partial charge in [-0.25, -0.2) is 4.79 Å². The molecule has 0 fully saturated rings. The fraction of sp³-hybridized carbons (Fsp3) is 0.417. The second-order valence-electron chi connectivity index (χ2n) is 3.86. The Hall–Kier alpha value is -1.35. The number of carboxylic acid groups (broad SMARTS) is 1. The summed E-state index contributed by atoms with van der Waals surface area (Å²) >= 11 is 0. The van der Waals surface area contributed by atoms with Gasteiger partial charge in [0.05, 0.1) is 5.56 Å². The van der Waals surface area contributed by atoms with Crippen LogP contribution < -0.4 is 5.32 Å². The summed E-state index contributed by atoms with van der Waals surface area (Å²) in [5, 5.41) is 12.0. The van der Waals surface area contributed by atoms with Gasteiger partial charge in [0, 0.05) is 6.04 Å². The zero-order chi connectivity index (χ0) is 11.3. The minimum atomic E-state index is -0.873. The number of hydrogen-bond acceptors (Lipinski definition) is 2. The molecule has 3 nitrogen and oxygen atoms in total. The fourth-order valence-corrected chi connectivity index (χ4v) is 1.32. The summed E-state index contributed by atoms with van der Waals surface area (Å²) in [4.78, 5) is 10.6. The van der Waals surface area contributed by atoms with Gasteiger partial charge in [0.25, 0.3) is 0 Å². The number of carboxylic acids is 1. The lowest BCUT2D eigenvalue weighted by Crippen LogP contribution is -2.24. The Bertz CT molecular complexity index is 317. The van der Waals surface area contributed by atoms with E-state index < -0.39 is 5.97 Å². The molecule has 0 saturated carbocycles. The average molecular weight is 207 g/mol. The quantitative estimate of drug-likeness (QED) is 0.775. The molecule has 1 aromatic carbocycles. The summed E-state index contributed by atoms with van der Waals surface area (Å²) in [7, 11) is 0. The van der Waals surface area contributed by atoms with Crippen LogP contribution in [0.1, 0.15) is 29.8 Å². The average Bonchev–Trinajstić information content (AvgIpc) is 2.18. The van der Waals surface area contributed by atoms with Crippen molar-refractivity contribution in [1.29, 1.82) is 0 Å². The van der Waals surface area contributed by atoms with Crippen molar-refractivity contribution in [2.45, 2.75) is 26.3 Å². The summed E-state index contributed by atoms with van der Waals surface area (Å²) in [6, 6.07) is 7.51. The molecular formula is C12H17NO2. The van der Waals surface area contributed by atoms with Crippen LogP contribution >= 0.6 is 0 Å². The standard InChI is InChI=1S/C12H17NO2/c1-9(2)13-8-7-10-3-5-11(6-4-10)12(14)15/h3-6,9,13H,7-8H2,1-2H3,(H,14,15). The van der Waals surface area contributed by atoms with Crippen LogP contribution in [0.4, 0.5) is 0 Å². The molecule has 3 heteroatoms. The second-order valence-corrected chi connectivity index (χ2v) is 3.86. The third-order valence-electron chi connectivity index (χ3n) is 2.17. The lowest BCUT2D eigenvalue weighted by atomic mass is 10.1. The van der Waals surface area contributed by atoms with E-state index in [4.69, 9.17) is 5.11 Å². The first-order chi connectivity index (χ1) is 7.09. The van der Waals surface area contributed by atoms with Gasteiger partial charge in [0.15, 0.2) is 0 Å². The molecular weight excluding hydrogens is 190 g/mol. The summed E-state index contributed by atoms with van der Waals surface area (Å²) in [6.45, 7) is 5.13. The van der Waals surface area contributed by atoms with Gasteiger partial charge in [-0.3, -0.25) is 0 Å². The minimum absolute atomic E-state index is 0.343. The Morgan fingerprint density at radius 1 is 1.33 bits per heavy atom. The molecule has 15 heavy (non-hydrogen) atoms. The maximum absolute atomic E-state index is 10.6. The Labute approximate surface area is 90.1 Å². The molecule has 0 saturated heterocycles. The molecule has 0 atom stereocenters. The zero-order valence-electron chi connectivity index (χ0n) is 9.16. The summed E-state index contributed by atoms with van der Waals surface area (Å²) < 4.78 is 0. The van der Waals surface area contributed by atoms with Crippen molar-refractivity contribution in [3.8, 4) is 0 Å². The molecule has 0 bridgehead atoms. The maximum Gasteiger partial charge on any atom is 0.335 e. The number of benzene rings is 1.